The molecule has 1 amide bonds. The van der Waals surface area contributed by atoms with Gasteiger partial charge in [-0.05, 0) is 39.3 Å². The minimum Gasteiger partial charge on any atom is -0.494 e. The minimum absolute atomic E-state index is 0.0141. The molecule has 0 saturated carbocycles. The van der Waals surface area contributed by atoms with Gasteiger partial charge in [-0.15, -0.1) is 0 Å². The van der Waals surface area contributed by atoms with Crippen LogP contribution in [0.25, 0.3) is 0 Å². The van der Waals surface area contributed by atoms with Crippen molar-refractivity contribution in [1.82, 2.24) is 4.90 Å². The molecule has 5 nitrogen and oxygen atoms in total. The van der Waals surface area contributed by atoms with E-state index in [0.29, 0.717) is 50.5 Å². The Morgan fingerprint density at radius 2 is 2.13 bits per heavy atom. The molecule has 1 aliphatic heterocycles. The molecule has 0 aliphatic carbocycles. The second-order valence-corrected chi connectivity index (χ2v) is 6.45. The van der Waals surface area contributed by atoms with Crippen molar-refractivity contribution in [2.45, 2.75) is 39.2 Å². The Bertz CT molecular complexity index is 568. The lowest BCUT2D eigenvalue weighted by molar-refractivity contribution is -0.146. The maximum Gasteiger partial charge on any atom is 0.223 e. The molecule has 0 aromatic heterocycles. The normalized spacial score (nSPS) is 16.9. The molecule has 0 radical (unpaired) electrons. The van der Waals surface area contributed by atoms with Crippen LogP contribution in [0.2, 0.25) is 0 Å². The summed E-state index contributed by atoms with van der Waals surface area (Å²) >= 11 is 0. The Kier molecular flexibility index (Phi) is 5.77. The molecule has 126 valence electrons. The number of ether oxygens (including phenoxy) is 2. The predicted molar refractivity (Wildman–Crippen MR) is 87.8 cm³/mol. The average molecular weight is 319 g/mol. The van der Waals surface area contributed by atoms with Gasteiger partial charge in [0.15, 0.2) is 5.78 Å². The summed E-state index contributed by atoms with van der Waals surface area (Å²) in [5.74, 6) is 0.816. The molecule has 23 heavy (non-hydrogen) atoms. The van der Waals surface area contributed by atoms with Crippen LogP contribution in [-0.2, 0) is 9.53 Å². The lowest BCUT2D eigenvalue weighted by Crippen LogP contribution is -2.55. The largest absolute Gasteiger partial charge is 0.494 e. The number of carbonyl (C=O) groups is 2. The van der Waals surface area contributed by atoms with E-state index in [1.54, 1.807) is 18.2 Å². The van der Waals surface area contributed by atoms with Gasteiger partial charge in [-0.2, -0.15) is 0 Å². The molecular weight excluding hydrogens is 294 g/mol. The SMILES string of the molecule is CC(=O)c1cccc(OCCCC(=O)N2CCOCC2(C)C)c1. The second kappa shape index (κ2) is 7.59. The van der Waals surface area contributed by atoms with Crippen LogP contribution in [0.3, 0.4) is 0 Å². The number of amides is 1. The van der Waals surface area contributed by atoms with E-state index in [1.165, 1.54) is 6.92 Å². The van der Waals surface area contributed by atoms with Crippen molar-refractivity contribution in [3.63, 3.8) is 0 Å². The van der Waals surface area contributed by atoms with Crippen LogP contribution >= 0.6 is 0 Å². The Balaban J connectivity index is 1.78. The summed E-state index contributed by atoms with van der Waals surface area (Å²) in [4.78, 5) is 25.6. The van der Waals surface area contributed by atoms with Crippen LogP contribution in [0.4, 0.5) is 0 Å². The van der Waals surface area contributed by atoms with Crippen LogP contribution in [-0.4, -0.2) is 48.5 Å². The highest BCUT2D eigenvalue weighted by molar-refractivity contribution is 5.94. The number of morpholine rings is 1. The number of rotatable bonds is 6. The van der Waals surface area contributed by atoms with Gasteiger partial charge in [0.05, 0.1) is 25.4 Å². The molecule has 1 aliphatic rings. The molecular formula is C18H25NO4. The van der Waals surface area contributed by atoms with Gasteiger partial charge in [-0.3, -0.25) is 9.59 Å². The first-order chi connectivity index (χ1) is 10.9. The third-order valence-corrected chi connectivity index (χ3v) is 3.99. The van der Waals surface area contributed by atoms with E-state index >= 15 is 0 Å². The van der Waals surface area contributed by atoms with Gasteiger partial charge in [0.2, 0.25) is 5.91 Å². The van der Waals surface area contributed by atoms with E-state index in [-0.39, 0.29) is 17.2 Å². The quantitative estimate of drug-likeness (QED) is 0.597. The van der Waals surface area contributed by atoms with E-state index in [9.17, 15) is 9.59 Å². The molecule has 0 N–H and O–H groups in total. The van der Waals surface area contributed by atoms with Crippen LogP contribution in [0.1, 0.15) is 44.0 Å². The number of hydrogen-bond donors (Lipinski definition) is 0. The summed E-state index contributed by atoms with van der Waals surface area (Å²) in [6, 6.07) is 7.11. The fourth-order valence-electron chi connectivity index (χ4n) is 2.67. The van der Waals surface area contributed by atoms with Crippen molar-refractivity contribution in [3.05, 3.63) is 29.8 Å². The third kappa shape index (κ3) is 4.79. The van der Waals surface area contributed by atoms with E-state index in [2.05, 4.69) is 0 Å². The summed E-state index contributed by atoms with van der Waals surface area (Å²) in [5, 5.41) is 0. The van der Waals surface area contributed by atoms with Gasteiger partial charge in [0, 0.05) is 18.5 Å². The zero-order valence-electron chi connectivity index (χ0n) is 14.1. The zero-order chi connectivity index (χ0) is 16.9. The van der Waals surface area contributed by atoms with Gasteiger partial charge < -0.3 is 14.4 Å². The van der Waals surface area contributed by atoms with Gasteiger partial charge in [-0.1, -0.05) is 12.1 Å². The van der Waals surface area contributed by atoms with Crippen molar-refractivity contribution in [2.24, 2.45) is 0 Å². The fraction of sp³-hybridized carbons (Fsp3) is 0.556. The number of Topliss-reactive ketones (excluding diaryl/α,β-unsaturated/α-hetero) is 1. The van der Waals surface area contributed by atoms with Crippen molar-refractivity contribution in [3.8, 4) is 5.75 Å². The fourth-order valence-corrected chi connectivity index (χ4v) is 2.67. The topological polar surface area (TPSA) is 55.8 Å². The lowest BCUT2D eigenvalue weighted by Gasteiger charge is -2.42. The summed E-state index contributed by atoms with van der Waals surface area (Å²) < 4.78 is 11.1. The molecule has 1 saturated heterocycles. The lowest BCUT2D eigenvalue weighted by atomic mass is 10.0. The van der Waals surface area contributed by atoms with E-state index in [0.717, 1.165) is 0 Å². The summed E-state index contributed by atoms with van der Waals surface area (Å²) in [5.41, 5.74) is 0.389. The zero-order valence-corrected chi connectivity index (χ0v) is 14.1. The Morgan fingerprint density at radius 3 is 2.83 bits per heavy atom. The molecule has 0 atom stereocenters. The number of nitrogens with zero attached hydrogens (tertiary/aromatic N) is 1. The molecule has 1 aromatic rings. The first-order valence-corrected chi connectivity index (χ1v) is 8.02. The average Bonchev–Trinajstić information content (AvgIpc) is 2.51. The number of ketones is 1. The first kappa shape index (κ1) is 17.5. The predicted octanol–water partition coefficient (Wildman–Crippen LogP) is 2.69. The third-order valence-electron chi connectivity index (χ3n) is 3.99. The highest BCUT2D eigenvalue weighted by Crippen LogP contribution is 2.20. The highest BCUT2D eigenvalue weighted by atomic mass is 16.5. The maximum atomic E-state index is 12.3. The Labute approximate surface area is 137 Å². The second-order valence-electron chi connectivity index (χ2n) is 6.45. The molecule has 0 unspecified atom stereocenters. The molecule has 0 bridgehead atoms. The van der Waals surface area contributed by atoms with E-state index < -0.39 is 0 Å². The van der Waals surface area contributed by atoms with E-state index in [4.69, 9.17) is 9.47 Å². The van der Waals surface area contributed by atoms with Crippen LogP contribution in [0, 0.1) is 0 Å². The maximum absolute atomic E-state index is 12.3. The van der Waals surface area contributed by atoms with Crippen molar-refractivity contribution < 1.29 is 19.1 Å². The molecule has 1 aromatic carbocycles. The standard InChI is InChI=1S/C18H25NO4/c1-14(20)15-6-4-7-16(12-15)23-10-5-8-17(21)19-9-11-22-13-18(19,2)3/h4,6-7,12H,5,8-11,13H2,1-3H3. The van der Waals surface area contributed by atoms with Gasteiger partial charge >= 0.3 is 0 Å². The van der Waals surface area contributed by atoms with E-state index in [1.807, 2.05) is 24.8 Å². The summed E-state index contributed by atoms with van der Waals surface area (Å²) in [6.07, 6.45) is 1.10. The van der Waals surface area contributed by atoms with Crippen LogP contribution < -0.4 is 4.74 Å². The molecule has 2 rings (SSSR count). The summed E-state index contributed by atoms with van der Waals surface area (Å²) in [7, 11) is 0. The van der Waals surface area contributed by atoms with Crippen LogP contribution in [0.15, 0.2) is 24.3 Å². The number of hydrogen-bond acceptors (Lipinski definition) is 4. The van der Waals surface area contributed by atoms with Gasteiger partial charge in [0.1, 0.15) is 5.75 Å². The molecule has 0 spiro atoms. The van der Waals surface area contributed by atoms with Crippen molar-refractivity contribution >= 4 is 11.7 Å². The smallest absolute Gasteiger partial charge is 0.223 e. The van der Waals surface area contributed by atoms with Gasteiger partial charge in [0.25, 0.3) is 0 Å². The Hall–Kier alpha value is -1.88. The highest BCUT2D eigenvalue weighted by Gasteiger charge is 2.33. The molecule has 1 heterocycles. The van der Waals surface area contributed by atoms with Crippen molar-refractivity contribution in [2.75, 3.05) is 26.4 Å². The van der Waals surface area contributed by atoms with Crippen molar-refractivity contribution in [1.29, 1.82) is 0 Å². The summed E-state index contributed by atoms with van der Waals surface area (Å²) in [6.45, 7) is 7.85. The number of benzene rings is 1. The molecule has 1 fully saturated rings. The molecule has 5 heteroatoms. The monoisotopic (exact) mass is 319 g/mol. The minimum atomic E-state index is -0.244. The number of carbonyl (C=O) groups excluding carboxylic acids is 2. The van der Waals surface area contributed by atoms with Crippen LogP contribution in [0.5, 0.6) is 5.75 Å². The first-order valence-electron chi connectivity index (χ1n) is 8.02. The van der Waals surface area contributed by atoms with Gasteiger partial charge in [-0.25, -0.2) is 0 Å². The Morgan fingerprint density at radius 1 is 1.35 bits per heavy atom.